The number of nitrogens with zero attached hydrogens (tertiary/aromatic N) is 3. The lowest BCUT2D eigenvalue weighted by atomic mass is 9.93. The zero-order valence-electron chi connectivity index (χ0n) is 15.4. The van der Waals surface area contributed by atoms with E-state index in [1.165, 1.54) is 38.5 Å². The van der Waals surface area contributed by atoms with Gasteiger partial charge in [0.2, 0.25) is 12.0 Å². The van der Waals surface area contributed by atoms with Crippen LogP contribution in [0.15, 0.2) is 47.6 Å². The molecule has 148 valence electrons. The molecule has 0 N–H and O–H groups in total. The van der Waals surface area contributed by atoms with Gasteiger partial charge in [0.1, 0.15) is 23.1 Å². The number of anilines is 1. The number of amides is 2. The van der Waals surface area contributed by atoms with E-state index >= 15 is 0 Å². The number of nitro benzene ring substituents is 1. The van der Waals surface area contributed by atoms with Gasteiger partial charge in [0.25, 0.3) is 11.6 Å². The first-order chi connectivity index (χ1) is 14.0. The molecule has 1 fully saturated rings. The van der Waals surface area contributed by atoms with Crippen LogP contribution < -0.4 is 14.4 Å². The van der Waals surface area contributed by atoms with E-state index in [2.05, 4.69) is 5.16 Å². The molecule has 4 rings (SSSR count). The van der Waals surface area contributed by atoms with Crippen molar-refractivity contribution in [1.29, 1.82) is 0 Å². The molecule has 2 atom stereocenters. The molecule has 0 unspecified atom stereocenters. The molecule has 0 aromatic heterocycles. The van der Waals surface area contributed by atoms with Crippen LogP contribution in [0.1, 0.15) is 5.56 Å². The number of rotatable bonds is 5. The van der Waals surface area contributed by atoms with Crippen molar-refractivity contribution in [2.24, 2.45) is 11.1 Å². The molecular weight excluding hydrogens is 382 g/mol. The zero-order valence-corrected chi connectivity index (χ0v) is 15.4. The summed E-state index contributed by atoms with van der Waals surface area (Å²) in [5.74, 6) is -1.24. The number of methoxy groups -OCH3 is 2. The Morgan fingerprint density at radius 1 is 1.10 bits per heavy atom. The van der Waals surface area contributed by atoms with Gasteiger partial charge in [-0.15, -0.1) is 0 Å². The van der Waals surface area contributed by atoms with E-state index in [0.717, 1.165) is 4.90 Å². The molecular formula is C19H15N3O7. The molecule has 2 heterocycles. The van der Waals surface area contributed by atoms with E-state index in [1.807, 2.05) is 0 Å². The van der Waals surface area contributed by atoms with E-state index < -0.39 is 28.8 Å². The Bertz CT molecular complexity index is 1070. The van der Waals surface area contributed by atoms with Gasteiger partial charge in [0.05, 0.1) is 24.8 Å². The predicted molar refractivity (Wildman–Crippen MR) is 100 cm³/mol. The number of benzene rings is 2. The molecule has 0 spiro atoms. The molecule has 10 nitrogen and oxygen atoms in total. The molecule has 29 heavy (non-hydrogen) atoms. The number of fused-ring (bicyclic) bond motifs is 1. The van der Waals surface area contributed by atoms with Crippen molar-refractivity contribution in [3.63, 3.8) is 0 Å². The minimum absolute atomic E-state index is 0.105. The molecule has 0 bridgehead atoms. The van der Waals surface area contributed by atoms with Gasteiger partial charge in [-0.1, -0.05) is 11.2 Å². The monoisotopic (exact) mass is 397 g/mol. The number of imide groups is 1. The van der Waals surface area contributed by atoms with Crippen LogP contribution in [-0.2, 0) is 14.4 Å². The maximum absolute atomic E-state index is 13.1. The highest BCUT2D eigenvalue weighted by molar-refractivity contribution is 6.32. The van der Waals surface area contributed by atoms with Crippen molar-refractivity contribution in [3.8, 4) is 11.5 Å². The highest BCUT2D eigenvalue weighted by atomic mass is 16.7. The quantitative estimate of drug-likeness (QED) is 0.429. The fraction of sp³-hybridized carbons (Fsp3) is 0.211. The SMILES string of the molecule is COc1ccc(C2=NO[C@@H]3C(=O)N(c4cccc([N+](=O)[O-])c4)C(=O)[C@H]23)c(OC)c1. The number of hydrogen-bond acceptors (Lipinski definition) is 8. The van der Waals surface area contributed by atoms with Crippen LogP contribution in [0.2, 0.25) is 0 Å². The fourth-order valence-corrected chi connectivity index (χ4v) is 3.41. The Balaban J connectivity index is 1.71. The van der Waals surface area contributed by atoms with Crippen LogP contribution in [-0.4, -0.2) is 42.8 Å². The molecule has 2 aromatic carbocycles. The average molecular weight is 397 g/mol. The summed E-state index contributed by atoms with van der Waals surface area (Å²) in [7, 11) is 2.97. The van der Waals surface area contributed by atoms with Gasteiger partial charge < -0.3 is 14.3 Å². The minimum atomic E-state index is -1.14. The normalized spacial score (nSPS) is 20.2. The lowest BCUT2D eigenvalue weighted by Crippen LogP contribution is -2.33. The Kier molecular flexibility index (Phi) is 4.38. The van der Waals surface area contributed by atoms with E-state index in [9.17, 15) is 19.7 Å². The van der Waals surface area contributed by atoms with Gasteiger partial charge in [-0.3, -0.25) is 19.7 Å². The third-order valence-corrected chi connectivity index (χ3v) is 4.80. The lowest BCUT2D eigenvalue weighted by Gasteiger charge is -2.16. The average Bonchev–Trinajstić information content (AvgIpc) is 3.27. The van der Waals surface area contributed by atoms with E-state index in [4.69, 9.17) is 14.3 Å². The highest BCUT2D eigenvalue weighted by Crippen LogP contribution is 2.38. The largest absolute Gasteiger partial charge is 0.497 e. The second-order valence-corrected chi connectivity index (χ2v) is 6.34. The standard InChI is InChI=1S/C19H15N3O7/c1-27-12-6-7-13(14(9-12)28-2)16-15-17(29-20-16)19(24)21(18(15)23)10-4-3-5-11(8-10)22(25)26/h3-9,15,17H,1-2H3/t15-,17+/m1/s1. The Labute approximate surface area is 164 Å². The Morgan fingerprint density at radius 3 is 2.59 bits per heavy atom. The van der Waals surface area contributed by atoms with Crippen LogP contribution >= 0.6 is 0 Å². The molecule has 1 saturated heterocycles. The van der Waals surface area contributed by atoms with E-state index in [-0.39, 0.29) is 17.1 Å². The Morgan fingerprint density at radius 2 is 1.90 bits per heavy atom. The van der Waals surface area contributed by atoms with Gasteiger partial charge in [-0.2, -0.15) is 0 Å². The van der Waals surface area contributed by atoms with Gasteiger partial charge in [0.15, 0.2) is 0 Å². The summed E-state index contributed by atoms with van der Waals surface area (Å²) < 4.78 is 10.5. The number of ether oxygens (including phenoxy) is 2. The molecule has 0 radical (unpaired) electrons. The first-order valence-corrected chi connectivity index (χ1v) is 8.54. The van der Waals surface area contributed by atoms with E-state index in [1.54, 1.807) is 18.2 Å². The van der Waals surface area contributed by atoms with Crippen molar-refractivity contribution >= 4 is 28.9 Å². The molecule has 0 saturated carbocycles. The molecule has 2 aromatic rings. The summed E-state index contributed by atoms with van der Waals surface area (Å²) in [4.78, 5) is 42.5. The van der Waals surface area contributed by atoms with Crippen molar-refractivity contribution in [2.45, 2.75) is 6.10 Å². The Hall–Kier alpha value is -3.95. The summed E-state index contributed by atoms with van der Waals surface area (Å²) in [6.07, 6.45) is -1.14. The maximum atomic E-state index is 13.1. The van der Waals surface area contributed by atoms with Crippen molar-refractivity contribution in [1.82, 2.24) is 0 Å². The first kappa shape index (κ1) is 18.4. The van der Waals surface area contributed by atoms with Crippen LogP contribution in [0, 0.1) is 16.0 Å². The summed E-state index contributed by atoms with van der Waals surface area (Å²) in [5, 5.41) is 15.0. The number of hydrogen-bond donors (Lipinski definition) is 0. The van der Waals surface area contributed by atoms with E-state index in [0.29, 0.717) is 17.1 Å². The number of carbonyl (C=O) groups excluding carboxylic acids is 2. The summed E-state index contributed by atoms with van der Waals surface area (Å²) in [6.45, 7) is 0. The summed E-state index contributed by atoms with van der Waals surface area (Å²) >= 11 is 0. The summed E-state index contributed by atoms with van der Waals surface area (Å²) in [5.41, 5.74) is 0.615. The highest BCUT2D eigenvalue weighted by Gasteiger charge is 2.56. The topological polar surface area (TPSA) is 121 Å². The molecule has 2 aliphatic heterocycles. The van der Waals surface area contributed by atoms with Crippen molar-refractivity contribution < 1.29 is 28.8 Å². The molecule has 10 heteroatoms. The van der Waals surface area contributed by atoms with Gasteiger partial charge >= 0.3 is 0 Å². The second kappa shape index (κ2) is 6.89. The van der Waals surface area contributed by atoms with Crippen molar-refractivity contribution in [2.75, 3.05) is 19.1 Å². The second-order valence-electron chi connectivity index (χ2n) is 6.34. The smallest absolute Gasteiger partial charge is 0.278 e. The molecule has 2 amide bonds. The van der Waals surface area contributed by atoms with Crippen LogP contribution in [0.25, 0.3) is 0 Å². The van der Waals surface area contributed by atoms with Crippen LogP contribution in [0.3, 0.4) is 0 Å². The zero-order chi connectivity index (χ0) is 20.7. The van der Waals surface area contributed by atoms with Crippen LogP contribution in [0.5, 0.6) is 11.5 Å². The molecule has 0 aliphatic carbocycles. The number of nitro groups is 1. The van der Waals surface area contributed by atoms with Crippen LogP contribution in [0.4, 0.5) is 11.4 Å². The maximum Gasteiger partial charge on any atom is 0.278 e. The summed E-state index contributed by atoms with van der Waals surface area (Å²) in [6, 6.07) is 10.3. The number of non-ortho nitro benzene ring substituents is 1. The van der Waals surface area contributed by atoms with Gasteiger partial charge in [-0.25, -0.2) is 4.90 Å². The fourth-order valence-electron chi connectivity index (χ4n) is 3.41. The van der Waals surface area contributed by atoms with Gasteiger partial charge in [0, 0.05) is 23.8 Å². The lowest BCUT2D eigenvalue weighted by molar-refractivity contribution is -0.384. The van der Waals surface area contributed by atoms with Crippen molar-refractivity contribution in [3.05, 3.63) is 58.1 Å². The van der Waals surface area contributed by atoms with Gasteiger partial charge in [-0.05, 0) is 18.2 Å². The first-order valence-electron chi connectivity index (χ1n) is 8.54. The minimum Gasteiger partial charge on any atom is -0.497 e. The third kappa shape index (κ3) is 2.85. The molecule has 2 aliphatic rings. The number of carbonyl (C=O) groups is 2. The predicted octanol–water partition coefficient (Wildman–Crippen LogP) is 1.90. The third-order valence-electron chi connectivity index (χ3n) is 4.80. The number of oxime groups is 1.